The second-order valence-electron chi connectivity index (χ2n) is 5.82. The number of H-pyrrole nitrogens is 1. The first-order valence-corrected chi connectivity index (χ1v) is 6.80. The van der Waals surface area contributed by atoms with Crippen LogP contribution in [-0.4, -0.2) is 33.0 Å². The fourth-order valence-corrected chi connectivity index (χ4v) is 3.63. The summed E-state index contributed by atoms with van der Waals surface area (Å²) in [7, 11) is 1.85. The zero-order valence-corrected chi connectivity index (χ0v) is 10.8. The minimum absolute atomic E-state index is 0.240. The lowest BCUT2D eigenvalue weighted by Gasteiger charge is -2.23. The van der Waals surface area contributed by atoms with Crippen molar-refractivity contribution in [3.05, 3.63) is 12.2 Å². The van der Waals surface area contributed by atoms with Crippen LogP contribution >= 0.6 is 0 Å². The molecule has 3 rings (SSSR count). The normalized spacial score (nSPS) is 29.7. The molecule has 1 N–H and O–H groups in total. The number of carbonyl (C=O) groups is 1. The molecule has 1 amide bonds. The fourth-order valence-electron chi connectivity index (χ4n) is 3.63. The molecule has 0 aromatic carbocycles. The number of hydrogen-bond acceptors (Lipinski definition) is 3. The summed E-state index contributed by atoms with van der Waals surface area (Å²) >= 11 is 0. The lowest BCUT2D eigenvalue weighted by molar-refractivity contribution is -0.131. The summed E-state index contributed by atoms with van der Waals surface area (Å²) in [6, 6.07) is 0. The van der Waals surface area contributed by atoms with Crippen LogP contribution in [0.5, 0.6) is 0 Å². The van der Waals surface area contributed by atoms with Crippen molar-refractivity contribution in [3.63, 3.8) is 0 Å². The first-order chi connectivity index (χ1) is 8.72. The lowest BCUT2D eigenvalue weighted by atomic mass is 9.86. The summed E-state index contributed by atoms with van der Waals surface area (Å²) in [6.07, 6.45) is 7.56. The Morgan fingerprint density at radius 1 is 1.50 bits per heavy atom. The van der Waals surface area contributed by atoms with Crippen molar-refractivity contribution in [3.8, 4) is 0 Å². The van der Waals surface area contributed by atoms with Crippen LogP contribution in [0.3, 0.4) is 0 Å². The van der Waals surface area contributed by atoms with Gasteiger partial charge in [-0.15, -0.1) is 0 Å². The third kappa shape index (κ3) is 2.26. The number of carbonyl (C=O) groups excluding carboxylic acids is 1. The maximum Gasteiger partial charge on any atom is 0.223 e. The Morgan fingerprint density at radius 3 is 3.00 bits per heavy atom. The van der Waals surface area contributed by atoms with E-state index in [2.05, 4.69) is 15.2 Å². The van der Waals surface area contributed by atoms with Gasteiger partial charge < -0.3 is 4.90 Å². The number of aromatic amines is 1. The molecular weight excluding hydrogens is 228 g/mol. The van der Waals surface area contributed by atoms with Crippen LogP contribution in [0.25, 0.3) is 0 Å². The van der Waals surface area contributed by atoms with Crippen LogP contribution in [-0.2, 0) is 11.3 Å². The Hall–Kier alpha value is -1.39. The summed E-state index contributed by atoms with van der Waals surface area (Å²) in [6.45, 7) is 0.527. The van der Waals surface area contributed by atoms with Gasteiger partial charge in [-0.25, -0.2) is 4.98 Å². The van der Waals surface area contributed by atoms with Gasteiger partial charge in [-0.05, 0) is 37.0 Å². The van der Waals surface area contributed by atoms with Crippen molar-refractivity contribution in [2.24, 2.45) is 17.8 Å². The van der Waals surface area contributed by atoms with Crippen molar-refractivity contribution in [1.29, 1.82) is 0 Å². The van der Waals surface area contributed by atoms with Crippen LogP contribution in [0.1, 0.15) is 37.9 Å². The highest BCUT2D eigenvalue weighted by Gasteiger charge is 2.40. The van der Waals surface area contributed by atoms with E-state index in [1.54, 1.807) is 4.90 Å². The third-order valence-electron chi connectivity index (χ3n) is 4.60. The van der Waals surface area contributed by atoms with Crippen molar-refractivity contribution < 1.29 is 4.79 Å². The van der Waals surface area contributed by atoms with Gasteiger partial charge in [-0.2, -0.15) is 5.10 Å². The molecule has 1 aromatic heterocycles. The molecule has 3 unspecified atom stereocenters. The molecule has 18 heavy (non-hydrogen) atoms. The molecule has 3 atom stereocenters. The van der Waals surface area contributed by atoms with Gasteiger partial charge >= 0.3 is 0 Å². The van der Waals surface area contributed by atoms with E-state index in [4.69, 9.17) is 0 Å². The van der Waals surface area contributed by atoms with E-state index in [0.29, 0.717) is 18.9 Å². The first-order valence-electron chi connectivity index (χ1n) is 6.80. The van der Waals surface area contributed by atoms with E-state index >= 15 is 0 Å². The number of amides is 1. The summed E-state index contributed by atoms with van der Waals surface area (Å²) in [4.78, 5) is 18.0. The van der Waals surface area contributed by atoms with E-state index in [9.17, 15) is 4.79 Å². The van der Waals surface area contributed by atoms with Gasteiger partial charge in [0.1, 0.15) is 12.2 Å². The van der Waals surface area contributed by atoms with Gasteiger partial charge in [0.15, 0.2) is 0 Å². The molecule has 1 aromatic rings. The lowest BCUT2D eigenvalue weighted by Crippen LogP contribution is -2.29. The maximum absolute atomic E-state index is 12.2. The molecule has 2 aliphatic carbocycles. The molecule has 2 aliphatic rings. The molecular formula is C13H20N4O. The highest BCUT2D eigenvalue weighted by atomic mass is 16.2. The number of aromatic nitrogens is 3. The molecule has 2 bridgehead atoms. The minimum atomic E-state index is 0.240. The molecule has 5 heteroatoms. The Labute approximate surface area is 107 Å². The van der Waals surface area contributed by atoms with Crippen LogP contribution in [0.4, 0.5) is 0 Å². The van der Waals surface area contributed by atoms with Crippen LogP contribution in [0.15, 0.2) is 6.33 Å². The number of fused-ring (bicyclic) bond motifs is 2. The van der Waals surface area contributed by atoms with Crippen molar-refractivity contribution in [1.82, 2.24) is 20.1 Å². The maximum atomic E-state index is 12.2. The van der Waals surface area contributed by atoms with Crippen LogP contribution < -0.4 is 0 Å². The molecule has 5 nitrogen and oxygen atoms in total. The van der Waals surface area contributed by atoms with Crippen LogP contribution in [0.2, 0.25) is 0 Å². The highest BCUT2D eigenvalue weighted by Crippen LogP contribution is 2.49. The monoisotopic (exact) mass is 248 g/mol. The second kappa shape index (κ2) is 4.71. The SMILES string of the molecule is CN(Cc1ncn[nH]1)C(=O)CC1CC2CCC1C2. The first kappa shape index (κ1) is 11.7. The van der Waals surface area contributed by atoms with Gasteiger partial charge in [0, 0.05) is 13.5 Å². The number of hydrogen-bond donors (Lipinski definition) is 1. The fraction of sp³-hybridized carbons (Fsp3) is 0.769. The van der Waals surface area contributed by atoms with E-state index < -0.39 is 0 Å². The molecule has 2 saturated carbocycles. The Bertz CT molecular complexity index is 417. The highest BCUT2D eigenvalue weighted by molar-refractivity contribution is 5.76. The standard InChI is InChI=1S/C13H20N4O/c1-17(7-12-14-8-15-16-12)13(18)6-11-5-9-2-3-10(11)4-9/h8-11H,2-7H2,1H3,(H,14,15,16). The van der Waals surface area contributed by atoms with E-state index in [1.165, 1.54) is 32.0 Å². The topological polar surface area (TPSA) is 61.9 Å². The smallest absolute Gasteiger partial charge is 0.223 e. The molecule has 0 saturated heterocycles. The summed E-state index contributed by atoms with van der Waals surface area (Å²) < 4.78 is 0. The Balaban J connectivity index is 1.52. The van der Waals surface area contributed by atoms with Crippen molar-refractivity contribution >= 4 is 5.91 Å². The summed E-state index contributed by atoms with van der Waals surface area (Å²) in [5.74, 6) is 3.35. The zero-order chi connectivity index (χ0) is 12.5. The van der Waals surface area contributed by atoms with Gasteiger partial charge in [0.25, 0.3) is 0 Å². The van der Waals surface area contributed by atoms with Gasteiger partial charge in [0.05, 0.1) is 6.54 Å². The molecule has 1 heterocycles. The predicted molar refractivity (Wildman–Crippen MR) is 66.4 cm³/mol. The molecule has 0 spiro atoms. The van der Waals surface area contributed by atoms with E-state index in [1.807, 2.05) is 7.05 Å². The van der Waals surface area contributed by atoms with Gasteiger partial charge in [-0.1, -0.05) is 6.42 Å². The Kier molecular flexibility index (Phi) is 3.06. The summed E-state index contributed by atoms with van der Waals surface area (Å²) in [5.41, 5.74) is 0. The molecule has 2 fully saturated rings. The number of rotatable bonds is 4. The largest absolute Gasteiger partial charge is 0.338 e. The quantitative estimate of drug-likeness (QED) is 0.880. The van der Waals surface area contributed by atoms with Crippen molar-refractivity contribution in [2.75, 3.05) is 7.05 Å². The molecule has 0 radical (unpaired) electrons. The molecule has 98 valence electrons. The molecule has 0 aliphatic heterocycles. The predicted octanol–water partition coefficient (Wildman–Crippen LogP) is 1.59. The number of nitrogens with one attached hydrogen (secondary N) is 1. The van der Waals surface area contributed by atoms with Gasteiger partial charge in [0.2, 0.25) is 5.91 Å². The summed E-state index contributed by atoms with van der Waals surface area (Å²) in [5, 5.41) is 6.58. The van der Waals surface area contributed by atoms with E-state index in [0.717, 1.165) is 17.7 Å². The Morgan fingerprint density at radius 2 is 2.39 bits per heavy atom. The average molecular weight is 248 g/mol. The zero-order valence-electron chi connectivity index (χ0n) is 10.8. The van der Waals surface area contributed by atoms with Crippen LogP contribution in [0, 0.1) is 17.8 Å². The van der Waals surface area contributed by atoms with Gasteiger partial charge in [-0.3, -0.25) is 9.89 Å². The average Bonchev–Trinajstić information content (AvgIpc) is 3.04. The third-order valence-corrected chi connectivity index (χ3v) is 4.60. The van der Waals surface area contributed by atoms with E-state index in [-0.39, 0.29) is 5.91 Å². The minimum Gasteiger partial charge on any atom is -0.338 e. The van der Waals surface area contributed by atoms with Crippen molar-refractivity contribution in [2.45, 2.75) is 38.6 Å². The second-order valence-corrected chi connectivity index (χ2v) is 5.82. The number of nitrogens with zero attached hydrogens (tertiary/aromatic N) is 3.